The van der Waals surface area contributed by atoms with Crippen molar-refractivity contribution in [2.24, 2.45) is 4.99 Å². The zero-order valence-electron chi connectivity index (χ0n) is 15.8. The van der Waals surface area contributed by atoms with Crippen LogP contribution in [-0.4, -0.2) is 35.2 Å². The second-order valence-electron chi connectivity index (χ2n) is 6.11. The van der Waals surface area contributed by atoms with Crippen LogP contribution in [0.4, 0.5) is 0 Å². The first-order chi connectivity index (χ1) is 13.7. The average Bonchev–Trinajstić information content (AvgIpc) is 3.41. The minimum Gasteiger partial charge on any atom is -0.467 e. The monoisotopic (exact) mass is 380 g/mol. The molecule has 0 radical (unpaired) electrons. The van der Waals surface area contributed by atoms with E-state index in [4.69, 9.17) is 4.42 Å². The largest absolute Gasteiger partial charge is 0.467 e. The zero-order valence-corrected chi connectivity index (χ0v) is 15.8. The Hall–Kier alpha value is -3.55. The summed E-state index contributed by atoms with van der Waals surface area (Å²) in [7, 11) is 1.67. The van der Waals surface area contributed by atoms with E-state index in [2.05, 4.69) is 38.2 Å². The minimum absolute atomic E-state index is 0.120. The number of nitrogens with one attached hydrogen (secondary N) is 3. The molecule has 0 fully saturated rings. The van der Waals surface area contributed by atoms with E-state index in [1.807, 2.05) is 35.1 Å². The Labute approximate surface area is 163 Å². The molecule has 0 bridgehead atoms. The van der Waals surface area contributed by atoms with Crippen molar-refractivity contribution in [3.63, 3.8) is 0 Å². The molecular weight excluding hydrogens is 356 g/mol. The van der Waals surface area contributed by atoms with Gasteiger partial charge in [-0.2, -0.15) is 5.10 Å². The van der Waals surface area contributed by atoms with Crippen LogP contribution in [0, 0.1) is 0 Å². The van der Waals surface area contributed by atoms with Gasteiger partial charge in [0.25, 0.3) is 0 Å². The fourth-order valence-corrected chi connectivity index (χ4v) is 2.68. The van der Waals surface area contributed by atoms with Gasteiger partial charge in [0.1, 0.15) is 5.76 Å². The molecule has 1 aromatic carbocycles. The molecule has 0 aliphatic rings. The molecule has 2 heterocycles. The van der Waals surface area contributed by atoms with Gasteiger partial charge in [0.15, 0.2) is 5.96 Å². The minimum atomic E-state index is -0.140. The molecule has 0 aliphatic carbocycles. The van der Waals surface area contributed by atoms with E-state index < -0.39 is 0 Å². The van der Waals surface area contributed by atoms with Gasteiger partial charge in [-0.3, -0.25) is 14.5 Å². The number of hydrogen-bond donors (Lipinski definition) is 3. The van der Waals surface area contributed by atoms with E-state index in [1.54, 1.807) is 25.6 Å². The smallest absolute Gasteiger partial charge is 0.239 e. The zero-order chi connectivity index (χ0) is 19.6. The number of hydrogen-bond acceptors (Lipinski definition) is 4. The number of benzene rings is 1. The molecule has 0 atom stereocenters. The summed E-state index contributed by atoms with van der Waals surface area (Å²) in [6, 6.07) is 13.7. The lowest BCUT2D eigenvalue weighted by Gasteiger charge is -2.14. The van der Waals surface area contributed by atoms with Crippen molar-refractivity contribution >= 4 is 11.9 Å². The molecule has 0 unspecified atom stereocenters. The molecule has 0 saturated carbocycles. The van der Waals surface area contributed by atoms with Gasteiger partial charge in [0, 0.05) is 26.0 Å². The Kier molecular flexibility index (Phi) is 6.84. The topological polar surface area (TPSA) is 96.5 Å². The molecular formula is C20H24N6O2. The molecule has 3 aromatic rings. The molecule has 3 rings (SSSR count). The van der Waals surface area contributed by atoms with Gasteiger partial charge in [-0.05, 0) is 29.3 Å². The SMILES string of the molecule is CN=C(NCC(=O)NCc1ccco1)NCc1ccccc1Cn1cccn1. The molecule has 146 valence electrons. The van der Waals surface area contributed by atoms with E-state index in [0.717, 1.165) is 5.56 Å². The van der Waals surface area contributed by atoms with Crippen molar-refractivity contribution in [3.8, 4) is 0 Å². The number of furan rings is 1. The number of aliphatic imine (C=N–C) groups is 1. The molecule has 0 spiro atoms. The summed E-state index contributed by atoms with van der Waals surface area (Å²) in [5.41, 5.74) is 2.31. The summed E-state index contributed by atoms with van der Waals surface area (Å²) in [6.45, 7) is 1.77. The van der Waals surface area contributed by atoms with Crippen LogP contribution in [0.15, 0.2) is 70.5 Å². The summed E-state index contributed by atoms with van der Waals surface area (Å²) >= 11 is 0. The van der Waals surface area contributed by atoms with Gasteiger partial charge in [-0.1, -0.05) is 24.3 Å². The lowest BCUT2D eigenvalue weighted by molar-refractivity contribution is -0.120. The van der Waals surface area contributed by atoms with Crippen molar-refractivity contribution in [1.82, 2.24) is 25.7 Å². The van der Waals surface area contributed by atoms with Crippen molar-refractivity contribution < 1.29 is 9.21 Å². The molecule has 28 heavy (non-hydrogen) atoms. The lowest BCUT2D eigenvalue weighted by Crippen LogP contribution is -2.42. The second kappa shape index (κ2) is 9.96. The van der Waals surface area contributed by atoms with Crippen LogP contribution in [0.2, 0.25) is 0 Å². The van der Waals surface area contributed by atoms with Gasteiger partial charge in [0.05, 0.1) is 25.9 Å². The predicted octanol–water partition coefficient (Wildman–Crippen LogP) is 1.51. The Morgan fingerprint density at radius 1 is 1.07 bits per heavy atom. The van der Waals surface area contributed by atoms with Crippen molar-refractivity contribution in [2.45, 2.75) is 19.6 Å². The summed E-state index contributed by atoms with van der Waals surface area (Å²) in [5, 5.41) is 13.3. The first-order valence-corrected chi connectivity index (χ1v) is 9.02. The summed E-state index contributed by atoms with van der Waals surface area (Å²) in [5.74, 6) is 1.13. The average molecular weight is 380 g/mol. The van der Waals surface area contributed by atoms with Crippen molar-refractivity contribution in [3.05, 3.63) is 78.0 Å². The summed E-state index contributed by atoms with van der Waals surface area (Å²) in [6.07, 6.45) is 5.28. The normalized spacial score (nSPS) is 11.2. The third-order valence-corrected chi connectivity index (χ3v) is 4.14. The van der Waals surface area contributed by atoms with Crippen LogP contribution in [-0.2, 0) is 24.4 Å². The molecule has 8 heteroatoms. The van der Waals surface area contributed by atoms with E-state index in [9.17, 15) is 4.79 Å². The first kappa shape index (κ1) is 19.2. The van der Waals surface area contributed by atoms with E-state index in [-0.39, 0.29) is 12.5 Å². The maximum absolute atomic E-state index is 12.0. The maximum Gasteiger partial charge on any atom is 0.239 e. The van der Waals surface area contributed by atoms with E-state index >= 15 is 0 Å². The fraction of sp³-hybridized carbons (Fsp3) is 0.250. The predicted molar refractivity (Wildman–Crippen MR) is 107 cm³/mol. The number of carbonyl (C=O) groups is 1. The number of guanidine groups is 1. The number of carbonyl (C=O) groups excluding carboxylic acids is 1. The van der Waals surface area contributed by atoms with Crippen LogP contribution in [0.25, 0.3) is 0 Å². The van der Waals surface area contributed by atoms with Gasteiger partial charge in [-0.25, -0.2) is 0 Å². The fourth-order valence-electron chi connectivity index (χ4n) is 2.68. The van der Waals surface area contributed by atoms with Gasteiger partial charge in [-0.15, -0.1) is 0 Å². The Morgan fingerprint density at radius 3 is 2.64 bits per heavy atom. The van der Waals surface area contributed by atoms with Gasteiger partial charge >= 0.3 is 0 Å². The molecule has 0 aliphatic heterocycles. The second-order valence-corrected chi connectivity index (χ2v) is 6.11. The Balaban J connectivity index is 1.47. The quantitative estimate of drug-likeness (QED) is 0.407. The van der Waals surface area contributed by atoms with Crippen LogP contribution < -0.4 is 16.0 Å². The first-order valence-electron chi connectivity index (χ1n) is 9.02. The highest BCUT2D eigenvalue weighted by atomic mass is 16.3. The maximum atomic E-state index is 12.0. The molecule has 1 amide bonds. The van der Waals surface area contributed by atoms with Gasteiger partial charge in [0.2, 0.25) is 5.91 Å². The molecule has 2 aromatic heterocycles. The summed E-state index contributed by atoms with van der Waals surface area (Å²) in [4.78, 5) is 16.1. The van der Waals surface area contributed by atoms with Crippen LogP contribution in [0.5, 0.6) is 0 Å². The highest BCUT2D eigenvalue weighted by Gasteiger charge is 2.07. The molecule has 8 nitrogen and oxygen atoms in total. The number of rotatable bonds is 8. The Bertz CT molecular complexity index is 887. The number of aromatic nitrogens is 2. The Morgan fingerprint density at radius 2 is 1.93 bits per heavy atom. The summed E-state index contributed by atoms with van der Waals surface area (Å²) < 4.78 is 7.07. The molecule has 0 saturated heterocycles. The number of nitrogens with zero attached hydrogens (tertiary/aromatic N) is 3. The van der Waals surface area contributed by atoms with E-state index in [0.29, 0.717) is 31.4 Å². The van der Waals surface area contributed by atoms with Gasteiger partial charge < -0.3 is 20.4 Å². The third kappa shape index (κ3) is 5.73. The third-order valence-electron chi connectivity index (χ3n) is 4.14. The highest BCUT2D eigenvalue weighted by molar-refractivity contribution is 5.86. The standard InChI is InChI=1S/C20H24N6O2/c1-21-20(24-14-19(27)22-13-18-8-4-11-28-18)23-12-16-6-2-3-7-17(16)15-26-10-5-9-25-26/h2-11H,12-15H2,1H3,(H,22,27)(H2,21,23,24). The van der Waals surface area contributed by atoms with E-state index in [1.165, 1.54) is 5.56 Å². The van der Waals surface area contributed by atoms with Crippen LogP contribution in [0.1, 0.15) is 16.9 Å². The molecule has 3 N–H and O–H groups in total. The lowest BCUT2D eigenvalue weighted by atomic mass is 10.1. The van der Waals surface area contributed by atoms with Crippen LogP contribution >= 0.6 is 0 Å². The van der Waals surface area contributed by atoms with Crippen LogP contribution in [0.3, 0.4) is 0 Å². The number of amides is 1. The van der Waals surface area contributed by atoms with Crippen molar-refractivity contribution in [1.29, 1.82) is 0 Å². The highest BCUT2D eigenvalue weighted by Crippen LogP contribution is 2.10. The van der Waals surface area contributed by atoms with Crippen molar-refractivity contribution in [2.75, 3.05) is 13.6 Å².